The molecule has 241 valence electrons. The van der Waals surface area contributed by atoms with Gasteiger partial charge in [-0.05, 0) is 67.4 Å². The van der Waals surface area contributed by atoms with Gasteiger partial charge in [0.2, 0.25) is 0 Å². The van der Waals surface area contributed by atoms with Crippen molar-refractivity contribution >= 4 is 38.0 Å². The number of allylic oxidation sites excluding steroid dienone is 2. The molecule has 0 amide bonds. The van der Waals surface area contributed by atoms with Crippen LogP contribution in [0.1, 0.15) is 110 Å². The van der Waals surface area contributed by atoms with Gasteiger partial charge in [-0.2, -0.15) is 0 Å². The third-order valence-corrected chi connectivity index (χ3v) is 9.72. The van der Waals surface area contributed by atoms with Gasteiger partial charge in [-0.1, -0.05) is 91.5 Å². The van der Waals surface area contributed by atoms with Gasteiger partial charge in [-0.3, -0.25) is 9.78 Å². The molecule has 0 bridgehead atoms. The summed E-state index contributed by atoms with van der Waals surface area (Å²) < 4.78 is 1.29. The van der Waals surface area contributed by atoms with E-state index in [4.69, 9.17) is 4.98 Å². The van der Waals surface area contributed by atoms with Crippen LogP contribution in [0.5, 0.6) is 0 Å². The summed E-state index contributed by atoms with van der Waals surface area (Å²) in [6.07, 6.45) is 7.95. The fourth-order valence-corrected chi connectivity index (χ4v) is 7.29. The molecular formula is C39H52IrNO2S-. The van der Waals surface area contributed by atoms with Gasteiger partial charge in [0.05, 0.1) is 5.76 Å². The smallest absolute Gasteiger partial charge is 0.162 e. The van der Waals surface area contributed by atoms with Crippen LogP contribution in [0.2, 0.25) is 0 Å². The first kappa shape index (κ1) is 37.9. The number of carbonyl (C=O) groups excluding carboxylic acids is 1. The van der Waals surface area contributed by atoms with Crippen LogP contribution < -0.4 is 0 Å². The number of aryl methyl sites for hydroxylation is 1. The minimum absolute atomic E-state index is 0. The largest absolute Gasteiger partial charge is 0.512 e. The zero-order valence-corrected chi connectivity index (χ0v) is 31.6. The molecule has 4 rings (SSSR count). The molecule has 2 heterocycles. The third kappa shape index (κ3) is 9.35. The Kier molecular flexibility index (Phi) is 14.5. The number of hydrogen-bond acceptors (Lipinski definition) is 4. The number of thiophene rings is 1. The van der Waals surface area contributed by atoms with Crippen molar-refractivity contribution in [3.8, 4) is 11.3 Å². The molecule has 0 fully saturated rings. The molecule has 2 aromatic heterocycles. The van der Waals surface area contributed by atoms with Crippen molar-refractivity contribution in [2.75, 3.05) is 0 Å². The first-order chi connectivity index (χ1) is 20.3. The fourth-order valence-electron chi connectivity index (χ4n) is 5.68. The van der Waals surface area contributed by atoms with E-state index in [0.717, 1.165) is 43.4 Å². The van der Waals surface area contributed by atoms with Crippen LogP contribution in [0, 0.1) is 30.2 Å². The number of aromatic nitrogens is 1. The maximum absolute atomic E-state index is 11.7. The number of aliphatic hydroxyl groups is 1. The number of pyridine rings is 1. The number of rotatable bonds is 10. The summed E-state index contributed by atoms with van der Waals surface area (Å²) in [5.74, 6) is 1.00. The van der Waals surface area contributed by atoms with Crippen LogP contribution in [0.3, 0.4) is 0 Å². The van der Waals surface area contributed by atoms with Crippen molar-refractivity contribution < 1.29 is 30.0 Å². The second kappa shape index (κ2) is 16.8. The van der Waals surface area contributed by atoms with E-state index in [1.807, 2.05) is 45.2 Å². The molecule has 1 N–H and O–H groups in total. The van der Waals surface area contributed by atoms with E-state index in [-0.39, 0.29) is 48.9 Å². The molecule has 0 aliphatic rings. The van der Waals surface area contributed by atoms with Crippen LogP contribution in [0.15, 0.2) is 54.4 Å². The van der Waals surface area contributed by atoms with Crippen molar-refractivity contribution in [2.45, 2.75) is 107 Å². The van der Waals surface area contributed by atoms with Crippen molar-refractivity contribution in [3.63, 3.8) is 0 Å². The van der Waals surface area contributed by atoms with E-state index in [1.165, 1.54) is 42.9 Å². The van der Waals surface area contributed by atoms with Crippen molar-refractivity contribution in [1.29, 1.82) is 0 Å². The Balaban J connectivity index is 0.000000363. The summed E-state index contributed by atoms with van der Waals surface area (Å²) in [4.78, 5) is 18.0. The monoisotopic (exact) mass is 791 g/mol. The summed E-state index contributed by atoms with van der Waals surface area (Å²) in [5.41, 5.74) is 5.23. The molecule has 1 radical (unpaired) electrons. The van der Waals surface area contributed by atoms with Gasteiger partial charge in [0.15, 0.2) is 5.78 Å². The summed E-state index contributed by atoms with van der Waals surface area (Å²) in [6, 6.07) is 16.7. The number of aliphatic hydroxyl groups excluding tert-OH is 1. The maximum atomic E-state index is 11.7. The van der Waals surface area contributed by atoms with Gasteiger partial charge in [0.1, 0.15) is 0 Å². The number of carbonyl (C=O) groups is 1. The molecule has 44 heavy (non-hydrogen) atoms. The van der Waals surface area contributed by atoms with Crippen molar-refractivity contribution in [2.24, 2.45) is 17.3 Å². The van der Waals surface area contributed by atoms with Crippen molar-refractivity contribution in [3.05, 3.63) is 76.5 Å². The molecule has 0 saturated heterocycles. The van der Waals surface area contributed by atoms with E-state index in [2.05, 4.69) is 84.0 Å². The van der Waals surface area contributed by atoms with Gasteiger partial charge in [-0.25, -0.2) is 0 Å². The van der Waals surface area contributed by atoms with E-state index < -0.39 is 0 Å². The maximum Gasteiger partial charge on any atom is 0.162 e. The van der Waals surface area contributed by atoms with E-state index in [1.54, 1.807) is 0 Å². The topological polar surface area (TPSA) is 50.2 Å². The van der Waals surface area contributed by atoms with E-state index in [0.29, 0.717) is 5.92 Å². The van der Waals surface area contributed by atoms with Crippen LogP contribution in [0.25, 0.3) is 32.1 Å². The van der Waals surface area contributed by atoms with Crippen molar-refractivity contribution in [1.82, 2.24) is 4.98 Å². The second-order valence-electron chi connectivity index (χ2n) is 13.3. The Morgan fingerprint density at radius 1 is 0.977 bits per heavy atom. The van der Waals surface area contributed by atoms with Gasteiger partial charge in [0, 0.05) is 59.5 Å². The predicted octanol–water partition coefficient (Wildman–Crippen LogP) is 11.8. The zero-order valence-electron chi connectivity index (χ0n) is 28.4. The summed E-state index contributed by atoms with van der Waals surface area (Å²) >= 11 is 1.91. The molecular weight excluding hydrogens is 739 g/mol. The number of hydrogen-bond donors (Lipinski definition) is 1. The molecule has 0 atom stereocenters. The Morgan fingerprint density at radius 3 is 2.16 bits per heavy atom. The Labute approximate surface area is 283 Å². The van der Waals surface area contributed by atoms with Gasteiger partial charge < -0.3 is 5.11 Å². The first-order valence-electron chi connectivity index (χ1n) is 16.1. The predicted molar refractivity (Wildman–Crippen MR) is 187 cm³/mol. The SMILES string of the molecule is CCC(CC)C(=O)/C=C(\O)C(CC)CC.Cc1c(CC(C)(C)C)sc2c(-c3[c-]c4ccccc4c(C(C)C)c3)nccc12.[Ir]. The molecule has 2 aromatic carbocycles. The molecule has 0 aliphatic heterocycles. The molecule has 0 unspecified atom stereocenters. The molecule has 0 saturated carbocycles. The fraction of sp³-hybridized carbons (Fsp3) is 0.487. The minimum atomic E-state index is 0. The number of nitrogens with zero attached hydrogens (tertiary/aromatic N) is 1. The first-order valence-corrected chi connectivity index (χ1v) is 16.9. The van der Waals surface area contributed by atoms with E-state index in [9.17, 15) is 9.90 Å². The molecule has 4 aromatic rings. The molecule has 5 heteroatoms. The third-order valence-electron chi connectivity index (χ3n) is 8.41. The number of ketones is 1. The van der Waals surface area contributed by atoms with Crippen LogP contribution >= 0.6 is 11.3 Å². The average Bonchev–Trinajstić information content (AvgIpc) is 3.27. The van der Waals surface area contributed by atoms with Crippen LogP contribution in [-0.4, -0.2) is 15.9 Å². The number of benzene rings is 2. The summed E-state index contributed by atoms with van der Waals surface area (Å²) in [6.45, 7) is 21.8. The second-order valence-corrected chi connectivity index (χ2v) is 14.4. The molecule has 0 spiro atoms. The summed E-state index contributed by atoms with van der Waals surface area (Å²) in [5, 5.41) is 13.6. The van der Waals surface area contributed by atoms with Crippen LogP contribution in [0.4, 0.5) is 0 Å². The zero-order chi connectivity index (χ0) is 31.9. The average molecular weight is 791 g/mol. The minimum Gasteiger partial charge on any atom is -0.512 e. The van der Waals surface area contributed by atoms with Gasteiger partial charge in [-0.15, -0.1) is 40.5 Å². The Bertz CT molecular complexity index is 1550. The number of fused-ring (bicyclic) bond motifs is 2. The van der Waals surface area contributed by atoms with Gasteiger partial charge >= 0.3 is 0 Å². The Morgan fingerprint density at radius 2 is 1.59 bits per heavy atom. The quantitative estimate of drug-likeness (QED) is 0.0989. The van der Waals surface area contributed by atoms with Crippen LogP contribution in [-0.2, 0) is 31.3 Å². The molecule has 3 nitrogen and oxygen atoms in total. The molecule has 0 aliphatic carbocycles. The van der Waals surface area contributed by atoms with Gasteiger partial charge in [0.25, 0.3) is 0 Å². The Hall–Kier alpha value is -2.33. The standard InChI is InChI=1S/C26H28NS.C13H24O2.Ir/c1-16(2)22-14-19(13-18-9-7-8-10-21(18)22)24-25-20(11-12-27-24)17(3)23(28-25)15-26(4,5)6;1-5-10(6-2)12(14)9-13(15)11(7-3)8-4;/h7-12,14,16H,15H2,1-6H3;9-11,14H,5-8H2,1-4H3;/q-1;;/b;12-9-;. The normalized spacial score (nSPS) is 12.2. The van der Waals surface area contributed by atoms with E-state index >= 15 is 0 Å². The summed E-state index contributed by atoms with van der Waals surface area (Å²) in [7, 11) is 0.